The van der Waals surface area contributed by atoms with E-state index in [2.05, 4.69) is 13.8 Å². The highest BCUT2D eigenvalue weighted by Gasteiger charge is 2.15. The van der Waals surface area contributed by atoms with Gasteiger partial charge in [-0.2, -0.15) is 0 Å². The van der Waals surface area contributed by atoms with Gasteiger partial charge in [-0.25, -0.2) is 0 Å². The molecule has 5 heteroatoms. The fourth-order valence-corrected chi connectivity index (χ4v) is 3.60. The standard InChI is InChI=1S/C12H15Cl3OS/c1-3-7(4-2)6-17-9-5-8(13)12(16)11(15)10(9)14/h5,7,16H,3-4,6H2,1-2H3. The molecular weight excluding hydrogens is 299 g/mol. The third-order valence-corrected chi connectivity index (χ3v) is 5.26. The third kappa shape index (κ3) is 3.85. The summed E-state index contributed by atoms with van der Waals surface area (Å²) in [6, 6.07) is 1.66. The molecular formula is C12H15Cl3OS. The number of aromatic hydroxyl groups is 1. The first-order valence-electron chi connectivity index (χ1n) is 5.50. The minimum Gasteiger partial charge on any atom is -0.505 e. The van der Waals surface area contributed by atoms with Crippen LogP contribution in [0.2, 0.25) is 15.1 Å². The van der Waals surface area contributed by atoms with Crippen molar-refractivity contribution in [3.8, 4) is 5.75 Å². The molecule has 0 bridgehead atoms. The van der Waals surface area contributed by atoms with Crippen molar-refractivity contribution in [3.05, 3.63) is 21.1 Å². The van der Waals surface area contributed by atoms with Crippen LogP contribution in [-0.2, 0) is 0 Å². The summed E-state index contributed by atoms with van der Waals surface area (Å²) in [6.07, 6.45) is 2.28. The number of benzene rings is 1. The number of hydrogen-bond donors (Lipinski definition) is 1. The van der Waals surface area contributed by atoms with Gasteiger partial charge in [0.15, 0.2) is 5.75 Å². The summed E-state index contributed by atoms with van der Waals surface area (Å²) in [5.74, 6) is 1.48. The van der Waals surface area contributed by atoms with Crippen molar-refractivity contribution in [2.75, 3.05) is 5.75 Å². The van der Waals surface area contributed by atoms with E-state index in [-0.39, 0.29) is 15.8 Å². The van der Waals surface area contributed by atoms with E-state index in [9.17, 15) is 5.11 Å². The second-order valence-electron chi connectivity index (χ2n) is 3.83. The van der Waals surface area contributed by atoms with Crippen molar-refractivity contribution in [3.63, 3.8) is 0 Å². The molecule has 1 rings (SSSR count). The lowest BCUT2D eigenvalue weighted by molar-refractivity contribution is 0.475. The lowest BCUT2D eigenvalue weighted by atomic mass is 10.1. The maximum absolute atomic E-state index is 9.52. The predicted molar refractivity (Wildman–Crippen MR) is 77.9 cm³/mol. The van der Waals surface area contributed by atoms with E-state index in [4.69, 9.17) is 34.8 Å². The first-order chi connectivity index (χ1) is 8.01. The fourth-order valence-electron chi connectivity index (χ4n) is 1.40. The normalized spacial score (nSPS) is 11.2. The Kier molecular flexibility index (Phi) is 6.28. The van der Waals surface area contributed by atoms with Crippen LogP contribution in [0, 0.1) is 5.92 Å². The molecule has 17 heavy (non-hydrogen) atoms. The van der Waals surface area contributed by atoms with Gasteiger partial charge in [-0.1, -0.05) is 61.5 Å². The molecule has 0 spiro atoms. The average molecular weight is 314 g/mol. The molecule has 1 aromatic rings. The zero-order chi connectivity index (χ0) is 13.0. The molecule has 0 fully saturated rings. The van der Waals surface area contributed by atoms with Gasteiger partial charge in [-0.05, 0) is 12.0 Å². The Balaban J connectivity index is 2.85. The molecule has 0 saturated carbocycles. The zero-order valence-electron chi connectivity index (χ0n) is 9.77. The van der Waals surface area contributed by atoms with Gasteiger partial charge in [0.05, 0.1) is 10.0 Å². The van der Waals surface area contributed by atoms with Crippen LogP contribution in [0.15, 0.2) is 11.0 Å². The van der Waals surface area contributed by atoms with Crippen molar-refractivity contribution in [1.29, 1.82) is 0 Å². The van der Waals surface area contributed by atoms with Crippen LogP contribution in [0.5, 0.6) is 5.75 Å². The monoisotopic (exact) mass is 312 g/mol. The second kappa shape index (κ2) is 6.98. The summed E-state index contributed by atoms with van der Waals surface area (Å²) in [6.45, 7) is 4.35. The zero-order valence-corrected chi connectivity index (χ0v) is 12.8. The molecule has 0 heterocycles. The van der Waals surface area contributed by atoms with Crippen LogP contribution in [-0.4, -0.2) is 10.9 Å². The van der Waals surface area contributed by atoms with Gasteiger partial charge in [0, 0.05) is 10.6 Å². The summed E-state index contributed by atoms with van der Waals surface area (Å²) >= 11 is 19.5. The Morgan fingerprint density at radius 2 is 1.76 bits per heavy atom. The van der Waals surface area contributed by atoms with Crippen LogP contribution in [0.4, 0.5) is 0 Å². The van der Waals surface area contributed by atoms with Crippen LogP contribution < -0.4 is 0 Å². The van der Waals surface area contributed by atoms with Crippen molar-refractivity contribution in [2.45, 2.75) is 31.6 Å². The molecule has 0 unspecified atom stereocenters. The van der Waals surface area contributed by atoms with Crippen LogP contribution >= 0.6 is 46.6 Å². The maximum Gasteiger partial charge on any atom is 0.154 e. The Morgan fingerprint density at radius 1 is 1.18 bits per heavy atom. The number of halogens is 3. The molecule has 0 aliphatic rings. The van der Waals surface area contributed by atoms with Crippen LogP contribution in [0.25, 0.3) is 0 Å². The highest BCUT2D eigenvalue weighted by Crippen LogP contribution is 2.43. The predicted octanol–water partition coefficient (Wildman–Crippen LogP) is 5.88. The molecule has 0 aliphatic heterocycles. The summed E-state index contributed by atoms with van der Waals surface area (Å²) < 4.78 is 0. The van der Waals surface area contributed by atoms with Gasteiger partial charge < -0.3 is 5.11 Å². The van der Waals surface area contributed by atoms with E-state index in [1.165, 1.54) is 0 Å². The molecule has 1 N–H and O–H groups in total. The van der Waals surface area contributed by atoms with E-state index in [0.717, 1.165) is 23.5 Å². The minimum atomic E-state index is -0.148. The smallest absolute Gasteiger partial charge is 0.154 e. The number of rotatable bonds is 5. The minimum absolute atomic E-state index is 0.131. The number of thioether (sulfide) groups is 1. The Bertz CT molecular complexity index is 392. The van der Waals surface area contributed by atoms with Gasteiger partial charge in [0.25, 0.3) is 0 Å². The number of phenols is 1. The SMILES string of the molecule is CCC(CC)CSc1cc(Cl)c(O)c(Cl)c1Cl. The number of hydrogen-bond acceptors (Lipinski definition) is 2. The fraction of sp³-hybridized carbons (Fsp3) is 0.500. The lowest BCUT2D eigenvalue weighted by Gasteiger charge is -2.13. The van der Waals surface area contributed by atoms with E-state index < -0.39 is 0 Å². The maximum atomic E-state index is 9.52. The van der Waals surface area contributed by atoms with Gasteiger partial charge in [-0.3, -0.25) is 0 Å². The van der Waals surface area contributed by atoms with Crippen molar-refractivity contribution < 1.29 is 5.11 Å². The molecule has 0 atom stereocenters. The van der Waals surface area contributed by atoms with Gasteiger partial charge in [0.2, 0.25) is 0 Å². The van der Waals surface area contributed by atoms with Crippen LogP contribution in [0.3, 0.4) is 0 Å². The third-order valence-electron chi connectivity index (χ3n) is 2.73. The van der Waals surface area contributed by atoms with E-state index >= 15 is 0 Å². The highest BCUT2D eigenvalue weighted by atomic mass is 35.5. The molecule has 96 valence electrons. The lowest BCUT2D eigenvalue weighted by Crippen LogP contribution is -1.99. The van der Waals surface area contributed by atoms with Gasteiger partial charge in [0.1, 0.15) is 5.02 Å². The summed E-state index contributed by atoms with van der Waals surface area (Å²) in [5.41, 5.74) is 0. The van der Waals surface area contributed by atoms with Crippen molar-refractivity contribution in [2.24, 2.45) is 5.92 Å². The van der Waals surface area contributed by atoms with Crippen LogP contribution in [0.1, 0.15) is 26.7 Å². The van der Waals surface area contributed by atoms with E-state index in [1.54, 1.807) is 17.8 Å². The van der Waals surface area contributed by atoms with Crippen molar-refractivity contribution >= 4 is 46.6 Å². The molecule has 1 aromatic carbocycles. The summed E-state index contributed by atoms with van der Waals surface area (Å²) in [4.78, 5) is 0.825. The first-order valence-corrected chi connectivity index (χ1v) is 7.62. The molecule has 1 nitrogen and oxygen atoms in total. The second-order valence-corrected chi connectivity index (χ2v) is 6.05. The highest BCUT2D eigenvalue weighted by molar-refractivity contribution is 7.99. The van der Waals surface area contributed by atoms with Crippen molar-refractivity contribution in [1.82, 2.24) is 0 Å². The Hall–Kier alpha value is 0.240. The summed E-state index contributed by atoms with van der Waals surface area (Å²) in [7, 11) is 0. The topological polar surface area (TPSA) is 20.2 Å². The van der Waals surface area contributed by atoms with E-state index in [1.807, 2.05) is 0 Å². The Morgan fingerprint density at radius 3 is 2.29 bits per heavy atom. The summed E-state index contributed by atoms with van der Waals surface area (Å²) in [5, 5.41) is 10.3. The van der Waals surface area contributed by atoms with E-state index in [0.29, 0.717) is 10.9 Å². The molecule has 0 radical (unpaired) electrons. The molecule has 0 aliphatic carbocycles. The largest absolute Gasteiger partial charge is 0.505 e. The number of phenolic OH excluding ortho intramolecular Hbond substituents is 1. The molecule has 0 aromatic heterocycles. The average Bonchev–Trinajstić information content (AvgIpc) is 2.33. The molecule has 0 amide bonds. The Labute approximate surface area is 121 Å². The first kappa shape index (κ1) is 15.3. The quantitative estimate of drug-likeness (QED) is 0.541. The van der Waals surface area contributed by atoms with Gasteiger partial charge >= 0.3 is 0 Å². The van der Waals surface area contributed by atoms with Gasteiger partial charge in [-0.15, -0.1) is 11.8 Å². The molecule has 0 saturated heterocycles.